The molecule has 0 radical (unpaired) electrons. The Labute approximate surface area is 389 Å². The zero-order valence-corrected chi connectivity index (χ0v) is 37.9. The fourth-order valence-electron chi connectivity index (χ4n) is 9.48. The zero-order valence-electron chi connectivity index (χ0n) is 37.2. The van der Waals surface area contributed by atoms with E-state index in [1.807, 2.05) is 109 Å². The van der Waals surface area contributed by atoms with Crippen molar-refractivity contribution in [2.24, 2.45) is 0 Å². The molecule has 4 N–H and O–H groups in total. The van der Waals surface area contributed by atoms with Crippen LogP contribution in [-0.2, 0) is 35.0 Å². The van der Waals surface area contributed by atoms with Crippen molar-refractivity contribution in [1.29, 1.82) is 0 Å². The minimum atomic E-state index is -1.37. The summed E-state index contributed by atoms with van der Waals surface area (Å²) in [7, 11) is 1.67. The number of nitrogens with one attached hydrogen (secondary N) is 4. The summed E-state index contributed by atoms with van der Waals surface area (Å²) in [5.74, 6) is -2.43. The zero-order chi connectivity index (χ0) is 46.4. The van der Waals surface area contributed by atoms with Gasteiger partial charge in [0.05, 0.1) is 5.54 Å². The number of amides is 4. The maximum atomic E-state index is 14.6. The lowest BCUT2D eigenvalue weighted by Crippen LogP contribution is -2.64. The smallest absolute Gasteiger partial charge is 0.407 e. The van der Waals surface area contributed by atoms with Gasteiger partial charge in [-0.2, -0.15) is 0 Å². The van der Waals surface area contributed by atoms with Crippen LogP contribution < -0.4 is 21.3 Å². The molecule has 342 valence electrons. The van der Waals surface area contributed by atoms with Crippen LogP contribution in [0.4, 0.5) is 9.59 Å². The molecule has 13 nitrogen and oxygen atoms in total. The van der Waals surface area contributed by atoms with E-state index in [1.54, 1.807) is 24.1 Å². The summed E-state index contributed by atoms with van der Waals surface area (Å²) in [6.07, 6.45) is 0.308. The molecule has 5 aromatic rings. The van der Waals surface area contributed by atoms with Gasteiger partial charge >= 0.3 is 18.2 Å². The number of halogens is 1. The molecule has 0 saturated carbocycles. The number of ether oxygens (including phenoxy) is 3. The summed E-state index contributed by atoms with van der Waals surface area (Å²) in [5.41, 5.74) is 8.76. The predicted molar refractivity (Wildman–Crippen MR) is 251 cm³/mol. The number of esters is 1. The number of rotatable bonds is 15. The minimum Gasteiger partial charge on any atom is -0.461 e. The second kappa shape index (κ2) is 20.2. The first-order valence-electron chi connectivity index (χ1n) is 22.4. The van der Waals surface area contributed by atoms with Crippen molar-refractivity contribution in [3.8, 4) is 22.3 Å². The molecule has 1 aliphatic heterocycles. The maximum Gasteiger partial charge on any atom is 0.407 e. The third-order valence-corrected chi connectivity index (χ3v) is 13.3. The first-order valence-corrected chi connectivity index (χ1v) is 22.7. The Hall–Kier alpha value is -6.70. The van der Waals surface area contributed by atoms with E-state index < -0.39 is 60.2 Å². The molecule has 0 bridgehead atoms. The van der Waals surface area contributed by atoms with Gasteiger partial charge in [0.2, 0.25) is 11.8 Å². The molecular weight excluding hydrogens is 858 g/mol. The molecule has 66 heavy (non-hydrogen) atoms. The quantitative estimate of drug-likeness (QED) is 0.0622. The molecule has 4 amide bonds. The third kappa shape index (κ3) is 9.92. The summed E-state index contributed by atoms with van der Waals surface area (Å²) in [5, 5.41) is 11.9. The van der Waals surface area contributed by atoms with Gasteiger partial charge in [0.1, 0.15) is 37.9 Å². The molecule has 0 spiro atoms. The summed E-state index contributed by atoms with van der Waals surface area (Å²) >= 11 is 6.20. The number of nitrogens with zero attached hydrogens (tertiary/aromatic N) is 1. The van der Waals surface area contributed by atoms with E-state index in [9.17, 15) is 24.0 Å². The first kappa shape index (κ1) is 45.9. The normalized spacial score (nSPS) is 17.4. The van der Waals surface area contributed by atoms with E-state index in [1.165, 1.54) is 13.8 Å². The second-order valence-corrected chi connectivity index (χ2v) is 17.7. The molecule has 2 aliphatic carbocycles. The van der Waals surface area contributed by atoms with E-state index in [2.05, 4.69) is 21.3 Å². The van der Waals surface area contributed by atoms with E-state index in [0.717, 1.165) is 63.0 Å². The Balaban J connectivity index is 0.917. The molecule has 1 saturated heterocycles. The highest BCUT2D eigenvalue weighted by molar-refractivity contribution is 6.30. The molecule has 5 aromatic carbocycles. The number of hydrogen-bond donors (Lipinski definition) is 4. The van der Waals surface area contributed by atoms with E-state index >= 15 is 0 Å². The molecular formula is C52H54ClN5O8. The molecule has 8 rings (SSSR count). The van der Waals surface area contributed by atoms with Crippen molar-refractivity contribution in [2.75, 3.05) is 40.0 Å². The van der Waals surface area contributed by atoms with Crippen LogP contribution in [-0.4, -0.2) is 98.5 Å². The number of carbonyl (C=O) groups excluding carboxylic acids is 5. The Morgan fingerprint density at radius 1 is 0.667 bits per heavy atom. The van der Waals surface area contributed by atoms with Crippen molar-refractivity contribution >= 4 is 41.6 Å². The maximum absolute atomic E-state index is 14.6. The van der Waals surface area contributed by atoms with Crippen LogP contribution >= 0.6 is 11.6 Å². The van der Waals surface area contributed by atoms with Crippen molar-refractivity contribution in [2.45, 2.75) is 68.6 Å². The summed E-state index contributed by atoms with van der Waals surface area (Å²) in [6, 6.07) is 35.6. The van der Waals surface area contributed by atoms with Crippen LogP contribution in [0.25, 0.3) is 22.3 Å². The van der Waals surface area contributed by atoms with Gasteiger partial charge in [-0.15, -0.1) is 0 Å². The lowest BCUT2D eigenvalue weighted by atomic mass is 9.82. The summed E-state index contributed by atoms with van der Waals surface area (Å²) in [4.78, 5) is 69.8. The molecule has 0 aromatic heterocycles. The van der Waals surface area contributed by atoms with Crippen LogP contribution in [0.15, 0.2) is 121 Å². The lowest BCUT2D eigenvalue weighted by Gasteiger charge is -2.46. The lowest BCUT2D eigenvalue weighted by molar-refractivity contribution is -0.151. The Kier molecular flexibility index (Phi) is 14.0. The van der Waals surface area contributed by atoms with E-state index in [0.29, 0.717) is 24.4 Å². The van der Waals surface area contributed by atoms with Crippen LogP contribution in [0.2, 0.25) is 5.02 Å². The minimum absolute atomic E-state index is 0.0437. The monoisotopic (exact) mass is 911 g/mol. The number of fused-ring (bicyclic) bond motifs is 6. The second-order valence-electron chi connectivity index (χ2n) is 17.3. The fourth-order valence-corrected chi connectivity index (χ4v) is 9.60. The number of carbonyl (C=O) groups is 5. The highest BCUT2D eigenvalue weighted by Gasteiger charge is 2.42. The van der Waals surface area contributed by atoms with E-state index in [4.69, 9.17) is 25.8 Å². The molecule has 1 fully saturated rings. The fraction of sp³-hybridized carbons (Fsp3) is 0.327. The SMILES string of the molecule is C[C@H](NC(=O)OCC1c2ccccc2-c2ccccc21)C(=O)N[C@@H](COC(=O)[C@H](C)NC(=O)OCC1c2ccccc2-c2ccccc21)C(=O)N(C)[C@@]1(Cc2ccc(Cl)cc2)CCCNC1. The van der Waals surface area contributed by atoms with Gasteiger partial charge in [-0.1, -0.05) is 121 Å². The third-order valence-electron chi connectivity index (χ3n) is 13.0. The topological polar surface area (TPSA) is 164 Å². The molecule has 0 unspecified atom stereocenters. The molecule has 1 heterocycles. The van der Waals surface area contributed by atoms with Crippen molar-refractivity contribution in [1.82, 2.24) is 26.2 Å². The number of piperidine rings is 1. The van der Waals surface area contributed by atoms with Crippen molar-refractivity contribution < 1.29 is 38.2 Å². The number of benzene rings is 5. The summed E-state index contributed by atoms with van der Waals surface area (Å²) < 4.78 is 17.0. The Morgan fingerprint density at radius 3 is 1.61 bits per heavy atom. The summed E-state index contributed by atoms with van der Waals surface area (Å²) in [6.45, 7) is 3.69. The number of alkyl carbamates (subject to hydrolysis) is 2. The van der Waals surface area contributed by atoms with Gasteiger partial charge in [-0.05, 0) is 102 Å². The number of likely N-dealkylation sites (N-methyl/N-ethyl adjacent to an activating group) is 1. The van der Waals surface area contributed by atoms with Crippen molar-refractivity contribution in [3.05, 3.63) is 154 Å². The first-order chi connectivity index (χ1) is 31.9. The van der Waals surface area contributed by atoms with E-state index in [-0.39, 0.29) is 25.0 Å². The molecule has 3 aliphatic rings. The predicted octanol–water partition coefficient (Wildman–Crippen LogP) is 7.35. The van der Waals surface area contributed by atoms with Gasteiger partial charge in [0.15, 0.2) is 0 Å². The van der Waals surface area contributed by atoms with Gasteiger partial charge in [-0.3, -0.25) is 9.59 Å². The van der Waals surface area contributed by atoms with Gasteiger partial charge < -0.3 is 40.4 Å². The average Bonchev–Trinajstić information content (AvgIpc) is 3.83. The number of hydrogen-bond acceptors (Lipinski definition) is 9. The van der Waals surface area contributed by atoms with Crippen LogP contribution in [0, 0.1) is 0 Å². The standard InChI is InChI=1S/C52H54ClN5O8/c1-32(55-50(62)65-28-44-40-17-8-4-13-36(40)37-14-5-9-18-41(37)44)47(59)57-46(48(60)58(3)52(25-12-26-54-31-52)27-34-21-23-35(53)24-22-34)30-64-49(61)33(2)56-51(63)66-29-45-42-19-10-6-15-38(42)39-16-7-11-20-43(39)45/h4-11,13-24,32-33,44-46,54H,12,25-31H2,1-3H3,(H,55,62)(H,56,63)(H,57,59)/t32-,33-,46-,52+/m0/s1. The molecule has 4 atom stereocenters. The Morgan fingerprint density at radius 2 is 1.14 bits per heavy atom. The van der Waals surface area contributed by atoms with Gasteiger partial charge in [0.25, 0.3) is 0 Å². The Bertz CT molecular complexity index is 2510. The van der Waals surface area contributed by atoms with Crippen LogP contribution in [0.5, 0.6) is 0 Å². The molecule has 14 heteroatoms. The van der Waals surface area contributed by atoms with Crippen LogP contribution in [0.3, 0.4) is 0 Å². The highest BCUT2D eigenvalue weighted by atomic mass is 35.5. The average molecular weight is 912 g/mol. The van der Waals surface area contributed by atoms with Gasteiger partial charge in [-0.25, -0.2) is 14.4 Å². The largest absolute Gasteiger partial charge is 0.461 e. The highest BCUT2D eigenvalue weighted by Crippen LogP contribution is 2.45. The van der Waals surface area contributed by atoms with Crippen molar-refractivity contribution in [3.63, 3.8) is 0 Å². The van der Waals surface area contributed by atoms with Gasteiger partial charge in [0, 0.05) is 30.5 Å². The van der Waals surface area contributed by atoms with Crippen LogP contribution in [0.1, 0.15) is 66.3 Å².